The number of nitrogens with zero attached hydrogens (tertiary/aromatic N) is 1. The predicted octanol–water partition coefficient (Wildman–Crippen LogP) is 5.16. The van der Waals surface area contributed by atoms with E-state index in [4.69, 9.17) is 4.74 Å². The van der Waals surface area contributed by atoms with E-state index in [1.54, 1.807) is 12.1 Å². The molecule has 1 saturated heterocycles. The van der Waals surface area contributed by atoms with Crippen LogP contribution in [-0.2, 0) is 0 Å². The first-order chi connectivity index (χ1) is 10.7. The van der Waals surface area contributed by atoms with Gasteiger partial charge in [-0.15, -0.1) is 0 Å². The summed E-state index contributed by atoms with van der Waals surface area (Å²) in [6.45, 7) is 6.26. The standard InChI is InChI=1S/C18H27F2NO/c1-3-5-13-22-16-8-7-15(17(19)18(16)20)21-11-9-14(6-4-2)10-12-21/h7-8,14H,3-6,9-13H2,1-2H3. The number of unbranched alkanes of at least 4 members (excludes halogenated alkanes) is 1. The van der Waals surface area contributed by atoms with E-state index in [0.29, 0.717) is 12.3 Å². The highest BCUT2D eigenvalue weighted by atomic mass is 19.2. The Hall–Kier alpha value is -1.32. The summed E-state index contributed by atoms with van der Waals surface area (Å²) >= 11 is 0. The molecular formula is C18H27F2NO. The van der Waals surface area contributed by atoms with Crippen molar-refractivity contribution in [1.82, 2.24) is 0 Å². The summed E-state index contributed by atoms with van der Waals surface area (Å²) in [5, 5.41) is 0. The SMILES string of the molecule is CCCCOc1ccc(N2CCC(CCC)CC2)c(F)c1F. The Morgan fingerprint density at radius 3 is 2.45 bits per heavy atom. The van der Waals surface area contributed by atoms with Gasteiger partial charge >= 0.3 is 0 Å². The molecule has 0 spiro atoms. The number of hydrogen-bond acceptors (Lipinski definition) is 2. The largest absolute Gasteiger partial charge is 0.490 e. The van der Waals surface area contributed by atoms with Crippen molar-refractivity contribution in [3.05, 3.63) is 23.8 Å². The van der Waals surface area contributed by atoms with Crippen molar-refractivity contribution in [2.24, 2.45) is 5.92 Å². The molecule has 2 rings (SSSR count). The topological polar surface area (TPSA) is 12.5 Å². The predicted molar refractivity (Wildman–Crippen MR) is 86.6 cm³/mol. The first-order valence-electron chi connectivity index (χ1n) is 8.53. The third kappa shape index (κ3) is 4.11. The maximum absolute atomic E-state index is 14.3. The van der Waals surface area contributed by atoms with Gasteiger partial charge in [-0.05, 0) is 37.3 Å². The number of piperidine rings is 1. The number of rotatable bonds is 7. The molecule has 0 aromatic heterocycles. The molecule has 0 radical (unpaired) electrons. The third-order valence-electron chi connectivity index (χ3n) is 4.43. The van der Waals surface area contributed by atoms with Crippen LogP contribution in [-0.4, -0.2) is 19.7 Å². The van der Waals surface area contributed by atoms with Crippen LogP contribution in [0.3, 0.4) is 0 Å². The van der Waals surface area contributed by atoms with Crippen LogP contribution in [0.4, 0.5) is 14.5 Å². The second-order valence-electron chi connectivity index (χ2n) is 6.13. The highest BCUT2D eigenvalue weighted by molar-refractivity contribution is 5.51. The summed E-state index contributed by atoms with van der Waals surface area (Å²) in [5.41, 5.74) is 0.371. The third-order valence-corrected chi connectivity index (χ3v) is 4.43. The lowest BCUT2D eigenvalue weighted by atomic mass is 9.92. The second kappa shape index (κ2) is 8.35. The summed E-state index contributed by atoms with van der Waals surface area (Å²) in [7, 11) is 0. The van der Waals surface area contributed by atoms with Gasteiger partial charge in [0.25, 0.3) is 0 Å². The van der Waals surface area contributed by atoms with E-state index in [0.717, 1.165) is 44.7 Å². The molecule has 4 heteroatoms. The number of benzene rings is 1. The van der Waals surface area contributed by atoms with E-state index in [1.165, 1.54) is 12.8 Å². The number of hydrogen-bond donors (Lipinski definition) is 0. The van der Waals surface area contributed by atoms with Crippen LogP contribution < -0.4 is 9.64 Å². The monoisotopic (exact) mass is 311 g/mol. The van der Waals surface area contributed by atoms with Gasteiger partial charge in [-0.3, -0.25) is 0 Å². The Bertz CT molecular complexity index is 470. The average molecular weight is 311 g/mol. The molecule has 1 aliphatic rings. The summed E-state index contributed by atoms with van der Waals surface area (Å²) in [5.74, 6) is -0.881. The van der Waals surface area contributed by atoms with Crippen LogP contribution in [0.5, 0.6) is 5.75 Å². The average Bonchev–Trinajstić information content (AvgIpc) is 2.53. The summed E-state index contributed by atoms with van der Waals surface area (Å²) < 4.78 is 33.7. The number of ether oxygens (including phenoxy) is 1. The van der Waals surface area contributed by atoms with Gasteiger partial charge in [-0.1, -0.05) is 33.1 Å². The van der Waals surface area contributed by atoms with Crippen LogP contribution >= 0.6 is 0 Å². The van der Waals surface area contributed by atoms with Crippen molar-refractivity contribution in [2.45, 2.75) is 52.4 Å². The molecule has 1 aromatic carbocycles. The lowest BCUT2D eigenvalue weighted by Crippen LogP contribution is -2.34. The van der Waals surface area contributed by atoms with Gasteiger partial charge in [0.15, 0.2) is 11.6 Å². The first-order valence-corrected chi connectivity index (χ1v) is 8.53. The maximum atomic E-state index is 14.3. The van der Waals surface area contributed by atoms with Crippen molar-refractivity contribution in [1.29, 1.82) is 0 Å². The fourth-order valence-corrected chi connectivity index (χ4v) is 3.07. The molecule has 0 atom stereocenters. The first kappa shape index (κ1) is 17.0. The Morgan fingerprint density at radius 1 is 1.09 bits per heavy atom. The molecule has 1 fully saturated rings. The number of halogens is 2. The summed E-state index contributed by atoms with van der Waals surface area (Å²) in [6.07, 6.45) is 6.35. The van der Waals surface area contributed by atoms with E-state index in [1.807, 2.05) is 11.8 Å². The molecule has 0 bridgehead atoms. The fraction of sp³-hybridized carbons (Fsp3) is 0.667. The lowest BCUT2D eigenvalue weighted by Gasteiger charge is -2.33. The Kier molecular flexibility index (Phi) is 6.47. The molecule has 0 unspecified atom stereocenters. The van der Waals surface area contributed by atoms with Gasteiger partial charge in [0, 0.05) is 13.1 Å². The minimum atomic E-state index is -0.857. The second-order valence-corrected chi connectivity index (χ2v) is 6.13. The van der Waals surface area contributed by atoms with Crippen LogP contribution in [0.1, 0.15) is 52.4 Å². The molecule has 0 saturated carbocycles. The van der Waals surface area contributed by atoms with Crippen LogP contribution in [0.2, 0.25) is 0 Å². The van der Waals surface area contributed by atoms with Crippen LogP contribution in [0.15, 0.2) is 12.1 Å². The van der Waals surface area contributed by atoms with Crippen molar-refractivity contribution in [2.75, 3.05) is 24.6 Å². The van der Waals surface area contributed by atoms with E-state index in [9.17, 15) is 8.78 Å². The highest BCUT2D eigenvalue weighted by Gasteiger charge is 2.23. The molecule has 0 aliphatic carbocycles. The van der Waals surface area contributed by atoms with Gasteiger partial charge in [0.2, 0.25) is 5.82 Å². The fourth-order valence-electron chi connectivity index (χ4n) is 3.07. The van der Waals surface area contributed by atoms with Crippen LogP contribution in [0.25, 0.3) is 0 Å². The van der Waals surface area contributed by atoms with Crippen molar-refractivity contribution in [3.63, 3.8) is 0 Å². The molecular weight excluding hydrogens is 284 g/mol. The molecule has 124 valence electrons. The molecule has 1 aromatic rings. The summed E-state index contributed by atoms with van der Waals surface area (Å²) in [6, 6.07) is 3.21. The number of anilines is 1. The van der Waals surface area contributed by atoms with E-state index in [-0.39, 0.29) is 5.75 Å². The molecule has 1 aliphatic heterocycles. The normalized spacial score (nSPS) is 16.1. The Labute approximate surface area is 132 Å². The molecule has 22 heavy (non-hydrogen) atoms. The lowest BCUT2D eigenvalue weighted by molar-refractivity contribution is 0.288. The zero-order chi connectivity index (χ0) is 15.9. The zero-order valence-corrected chi connectivity index (χ0v) is 13.7. The quantitative estimate of drug-likeness (QED) is 0.645. The van der Waals surface area contributed by atoms with Gasteiger partial charge < -0.3 is 9.64 Å². The smallest absolute Gasteiger partial charge is 0.202 e. The molecule has 2 nitrogen and oxygen atoms in total. The van der Waals surface area contributed by atoms with E-state index >= 15 is 0 Å². The van der Waals surface area contributed by atoms with Gasteiger partial charge in [-0.25, -0.2) is 4.39 Å². The minimum absolute atomic E-state index is 0.0237. The molecule has 0 N–H and O–H groups in total. The van der Waals surface area contributed by atoms with E-state index < -0.39 is 11.6 Å². The van der Waals surface area contributed by atoms with Crippen molar-refractivity contribution in [3.8, 4) is 5.75 Å². The molecule has 1 heterocycles. The highest BCUT2D eigenvalue weighted by Crippen LogP contribution is 2.32. The Morgan fingerprint density at radius 2 is 1.82 bits per heavy atom. The van der Waals surface area contributed by atoms with Crippen molar-refractivity contribution >= 4 is 5.69 Å². The maximum Gasteiger partial charge on any atom is 0.202 e. The van der Waals surface area contributed by atoms with Crippen molar-refractivity contribution < 1.29 is 13.5 Å². The van der Waals surface area contributed by atoms with E-state index in [2.05, 4.69) is 6.92 Å². The van der Waals surface area contributed by atoms with Gasteiger partial charge in [0.1, 0.15) is 0 Å². The van der Waals surface area contributed by atoms with Gasteiger partial charge in [0.05, 0.1) is 12.3 Å². The minimum Gasteiger partial charge on any atom is -0.490 e. The zero-order valence-electron chi connectivity index (χ0n) is 13.7. The Balaban J connectivity index is 2.02. The van der Waals surface area contributed by atoms with Crippen LogP contribution in [0, 0.1) is 17.6 Å². The summed E-state index contributed by atoms with van der Waals surface area (Å²) in [4.78, 5) is 1.96. The van der Waals surface area contributed by atoms with Gasteiger partial charge in [-0.2, -0.15) is 4.39 Å². The molecule has 0 amide bonds.